The summed E-state index contributed by atoms with van der Waals surface area (Å²) in [5.41, 5.74) is 2.11. The Labute approximate surface area is 421 Å². The molecule has 11 rings (SSSR count). The van der Waals surface area contributed by atoms with Crippen LogP contribution < -0.4 is 14.8 Å². The van der Waals surface area contributed by atoms with Crippen LogP contribution in [-0.2, 0) is 48.4 Å². The second-order valence-electron chi connectivity index (χ2n) is 19.2. The first-order valence-electron chi connectivity index (χ1n) is 24.8. The summed E-state index contributed by atoms with van der Waals surface area (Å²) in [5.74, 6) is -4.20. The number of fused-ring (bicyclic) bond motifs is 5. The fourth-order valence-corrected chi connectivity index (χ4v) is 12.5. The Hall–Kier alpha value is -7.82. The van der Waals surface area contributed by atoms with Crippen LogP contribution in [0, 0.1) is 11.8 Å². The van der Waals surface area contributed by atoms with Gasteiger partial charge in [-0.3, -0.25) is 33.7 Å². The van der Waals surface area contributed by atoms with Gasteiger partial charge in [0.1, 0.15) is 73.5 Å². The molecule has 6 heterocycles. The number of carbonyl (C=O) groups excluding carboxylic acids is 6. The second-order valence-corrected chi connectivity index (χ2v) is 19.2. The van der Waals surface area contributed by atoms with Crippen LogP contribution in [0.4, 0.5) is 5.69 Å². The van der Waals surface area contributed by atoms with E-state index in [4.69, 9.17) is 23.7 Å². The second kappa shape index (κ2) is 19.7. The number of rotatable bonds is 15. The average Bonchev–Trinajstić information content (AvgIpc) is 4.22. The van der Waals surface area contributed by atoms with E-state index in [2.05, 4.69) is 11.9 Å². The number of anilines is 1. The van der Waals surface area contributed by atoms with Crippen molar-refractivity contribution in [3.8, 4) is 11.5 Å². The highest BCUT2D eigenvalue weighted by molar-refractivity contribution is 6.11. The minimum atomic E-state index is -1.70. The quantitative estimate of drug-likeness (QED) is 0.0543. The Morgan fingerprint density at radius 1 is 0.712 bits per heavy atom. The van der Waals surface area contributed by atoms with E-state index in [1.165, 1.54) is 6.08 Å². The topological polar surface area (TPSA) is 191 Å². The van der Waals surface area contributed by atoms with Crippen LogP contribution in [0.25, 0.3) is 0 Å². The highest BCUT2D eigenvalue weighted by Crippen LogP contribution is 2.65. The van der Waals surface area contributed by atoms with Crippen molar-refractivity contribution in [2.75, 3.05) is 44.9 Å². The maximum absolute atomic E-state index is 15.1. The summed E-state index contributed by atoms with van der Waals surface area (Å²) in [6, 6.07) is 35.2. The molecule has 6 aliphatic rings. The number of nitrogens with one attached hydrogen (secondary N) is 1. The number of para-hydroxylation sites is 1. The van der Waals surface area contributed by atoms with E-state index in [9.17, 15) is 29.1 Å². The molecule has 3 amide bonds. The van der Waals surface area contributed by atoms with Crippen molar-refractivity contribution in [1.82, 2.24) is 14.7 Å². The molecule has 0 aromatic heterocycles. The van der Waals surface area contributed by atoms with E-state index in [0.29, 0.717) is 46.8 Å². The lowest BCUT2D eigenvalue weighted by atomic mass is 9.65. The molecule has 6 aliphatic heterocycles. The van der Waals surface area contributed by atoms with E-state index >= 15 is 4.79 Å². The Bertz CT molecular complexity index is 2950. The predicted octanol–water partition coefficient (Wildman–Crippen LogP) is 5.94. The van der Waals surface area contributed by atoms with Crippen molar-refractivity contribution < 1.29 is 57.6 Å². The van der Waals surface area contributed by atoms with Crippen LogP contribution in [0.2, 0.25) is 0 Å². The van der Waals surface area contributed by atoms with Crippen LogP contribution >= 0.6 is 0 Å². The number of morpholine rings is 1. The van der Waals surface area contributed by atoms with Gasteiger partial charge in [-0.25, -0.2) is 0 Å². The first kappa shape index (κ1) is 47.5. The highest BCUT2D eigenvalue weighted by Gasteiger charge is 2.74. The van der Waals surface area contributed by atoms with Crippen molar-refractivity contribution in [3.63, 3.8) is 0 Å². The minimum absolute atomic E-state index is 0.0525. The molecule has 5 fully saturated rings. The number of hydrogen-bond donors (Lipinski definition) is 2. The number of esters is 3. The van der Waals surface area contributed by atoms with Gasteiger partial charge >= 0.3 is 17.9 Å². The number of amides is 3. The molecule has 5 aromatic rings. The molecule has 0 bridgehead atoms. The number of aliphatic hydroxyl groups excluding tert-OH is 1. The normalized spacial score (nSPS) is 27.9. The Balaban J connectivity index is 0.895. The highest BCUT2D eigenvalue weighted by atomic mass is 16.6. The molecule has 2 N–H and O–H groups in total. The lowest BCUT2D eigenvalue weighted by Gasteiger charge is -2.46. The maximum atomic E-state index is 15.1. The van der Waals surface area contributed by atoms with Crippen molar-refractivity contribution in [3.05, 3.63) is 174 Å². The van der Waals surface area contributed by atoms with Crippen LogP contribution in [0.15, 0.2) is 146 Å². The standard InChI is InChI=1S/C57H54N4O12/c1-2-28-71-54(66)45-48-55(67)73-49(35-15-7-4-8-16-35)47(34-13-5-3-6-14-34)61(48)50(57(45)41-19-9-10-20-42(41)58-56(57)68)36-22-24-38(25-23-36)70-30-31-72-53(65)40-33-44-51(63)59-26-12-21-43(59)52(64)60(44)46(40)37-17-11-18-39(32-37)69-29-27-62/h2-11,13-20,22-25,32,40,43-50,62H,1,12,21,26-31,33H2,(H,58,68)/t40-,43-,44-,45+,46-,47+,48+,49-,50-,57+/m0/s1. The average molecular weight is 987 g/mol. The number of benzene rings is 5. The molecule has 16 nitrogen and oxygen atoms in total. The van der Waals surface area contributed by atoms with Gasteiger partial charge in [-0.2, -0.15) is 0 Å². The monoisotopic (exact) mass is 986 g/mol. The summed E-state index contributed by atoms with van der Waals surface area (Å²) in [6.45, 7) is 3.74. The van der Waals surface area contributed by atoms with Gasteiger partial charge in [-0.15, -0.1) is 0 Å². The molecule has 0 saturated carbocycles. The molecular formula is C57H54N4O12. The number of piperazine rings is 1. The zero-order valence-electron chi connectivity index (χ0n) is 39.8. The molecule has 10 atom stereocenters. The maximum Gasteiger partial charge on any atom is 0.325 e. The van der Waals surface area contributed by atoms with Crippen molar-refractivity contribution >= 4 is 41.3 Å². The van der Waals surface area contributed by atoms with Crippen LogP contribution in [0.1, 0.15) is 71.3 Å². The summed E-state index contributed by atoms with van der Waals surface area (Å²) < 4.78 is 30.0. The molecule has 0 unspecified atom stereocenters. The Kier molecular flexibility index (Phi) is 12.8. The third kappa shape index (κ3) is 7.99. The Morgan fingerprint density at radius 2 is 1.42 bits per heavy atom. The lowest BCUT2D eigenvalue weighted by molar-refractivity contribution is -0.180. The molecule has 0 radical (unpaired) electrons. The number of aliphatic hydroxyl groups is 1. The van der Waals surface area contributed by atoms with E-state index < -0.39 is 83.4 Å². The number of cyclic esters (lactones) is 1. The first-order valence-corrected chi connectivity index (χ1v) is 24.8. The van der Waals surface area contributed by atoms with E-state index in [0.717, 1.165) is 17.5 Å². The first-order chi connectivity index (χ1) is 35.6. The number of ether oxygens (including phenoxy) is 5. The van der Waals surface area contributed by atoms with Crippen LogP contribution in [-0.4, -0.2) is 113 Å². The van der Waals surface area contributed by atoms with Crippen LogP contribution in [0.5, 0.6) is 11.5 Å². The molecule has 5 saturated heterocycles. The van der Waals surface area contributed by atoms with Gasteiger partial charge in [0.25, 0.3) is 0 Å². The van der Waals surface area contributed by atoms with Crippen LogP contribution in [0.3, 0.4) is 0 Å². The van der Waals surface area contributed by atoms with Gasteiger partial charge in [-0.05, 0) is 77.4 Å². The number of hydrogen-bond acceptors (Lipinski definition) is 13. The minimum Gasteiger partial charge on any atom is -0.491 e. The lowest BCUT2D eigenvalue weighted by Crippen LogP contribution is -2.60. The molecule has 73 heavy (non-hydrogen) atoms. The Morgan fingerprint density at radius 3 is 2.18 bits per heavy atom. The van der Waals surface area contributed by atoms with Gasteiger partial charge in [0.2, 0.25) is 17.7 Å². The fourth-order valence-electron chi connectivity index (χ4n) is 12.5. The van der Waals surface area contributed by atoms with Gasteiger partial charge in [-0.1, -0.05) is 116 Å². The summed E-state index contributed by atoms with van der Waals surface area (Å²) in [6.07, 6.45) is 1.97. The van der Waals surface area contributed by atoms with Gasteiger partial charge in [0.15, 0.2) is 0 Å². The van der Waals surface area contributed by atoms with Gasteiger partial charge < -0.3 is 43.9 Å². The largest absolute Gasteiger partial charge is 0.491 e. The predicted molar refractivity (Wildman–Crippen MR) is 262 cm³/mol. The third-order valence-electron chi connectivity index (χ3n) is 15.3. The van der Waals surface area contributed by atoms with Crippen molar-refractivity contribution in [1.29, 1.82) is 0 Å². The number of nitrogens with zero attached hydrogens (tertiary/aromatic N) is 3. The van der Waals surface area contributed by atoms with E-state index in [1.54, 1.807) is 64.4 Å². The summed E-state index contributed by atoms with van der Waals surface area (Å²) >= 11 is 0. The van der Waals surface area contributed by atoms with E-state index in [1.807, 2.05) is 83.8 Å². The fraction of sp³-hybridized carbons (Fsp3) is 0.333. The van der Waals surface area contributed by atoms with E-state index in [-0.39, 0.29) is 51.3 Å². The molecule has 374 valence electrons. The zero-order chi connectivity index (χ0) is 50.4. The van der Waals surface area contributed by atoms with Crippen molar-refractivity contribution in [2.24, 2.45) is 11.8 Å². The smallest absolute Gasteiger partial charge is 0.325 e. The third-order valence-corrected chi connectivity index (χ3v) is 15.3. The number of carbonyl (C=O) groups is 6. The molecule has 16 heteroatoms. The molecule has 0 aliphatic carbocycles. The molecular weight excluding hydrogens is 933 g/mol. The summed E-state index contributed by atoms with van der Waals surface area (Å²) in [4.78, 5) is 91.9. The van der Waals surface area contributed by atoms with Gasteiger partial charge in [0, 0.05) is 12.2 Å². The summed E-state index contributed by atoms with van der Waals surface area (Å²) in [7, 11) is 0. The molecule has 5 aromatic carbocycles. The molecule has 1 spiro atoms. The zero-order valence-corrected chi connectivity index (χ0v) is 39.8. The SMILES string of the molecule is C=CCOC(=O)[C@H]1[C@@H]2C(=O)O[C@@H](c3ccccc3)[C@@H](c3ccccc3)N2[C@@H](c2ccc(OCCOC(=O)[C@H]3C[C@H]4C(=O)N5CCC[C@H]5C(=O)N4[C@H]3c3cccc(OCCO)c3)cc2)[C@]12C(=O)Nc1ccccc12. The van der Waals surface area contributed by atoms with Crippen molar-refractivity contribution in [2.45, 2.75) is 67.0 Å². The van der Waals surface area contributed by atoms with Gasteiger partial charge in [0.05, 0.1) is 30.7 Å². The summed E-state index contributed by atoms with van der Waals surface area (Å²) in [5, 5.41) is 12.4.